The fraction of sp³-hybridized carbons (Fsp3) is 0.310. The number of hydrogen-bond acceptors (Lipinski definition) is 3. The van der Waals surface area contributed by atoms with Crippen molar-refractivity contribution >= 4 is 29.1 Å². The summed E-state index contributed by atoms with van der Waals surface area (Å²) in [5.74, 6) is -2.51. The average molecular weight is 526 g/mol. The van der Waals surface area contributed by atoms with Gasteiger partial charge in [0, 0.05) is 35.9 Å². The molecule has 1 aliphatic rings. The van der Waals surface area contributed by atoms with E-state index in [0.29, 0.717) is 18.1 Å². The second-order valence-electron chi connectivity index (χ2n) is 9.76. The van der Waals surface area contributed by atoms with Crippen LogP contribution in [0.25, 0.3) is 0 Å². The molecule has 0 radical (unpaired) electrons. The Balaban J connectivity index is 1.61. The minimum Gasteiger partial charge on any atom is -0.353 e. The number of amides is 2. The molecule has 37 heavy (non-hydrogen) atoms. The number of halogens is 3. The van der Waals surface area contributed by atoms with Crippen LogP contribution < -0.4 is 10.2 Å². The maximum Gasteiger partial charge on any atom is 0.236 e. The summed E-state index contributed by atoms with van der Waals surface area (Å²) in [5.41, 5.74) is 3.36. The quantitative estimate of drug-likeness (QED) is 0.387. The zero-order valence-corrected chi connectivity index (χ0v) is 21.8. The monoisotopic (exact) mass is 525 g/mol. The van der Waals surface area contributed by atoms with Gasteiger partial charge in [0.05, 0.1) is 12.1 Å². The fourth-order valence-corrected chi connectivity index (χ4v) is 4.83. The lowest BCUT2D eigenvalue weighted by molar-refractivity contribution is -0.128. The molecule has 1 fully saturated rings. The highest BCUT2D eigenvalue weighted by atomic mass is 35.5. The predicted octanol–water partition coefficient (Wildman–Crippen LogP) is 5.65. The molecule has 0 spiro atoms. The normalized spacial score (nSPS) is 14.8. The molecule has 3 aromatic rings. The van der Waals surface area contributed by atoms with Crippen molar-refractivity contribution in [2.24, 2.45) is 0 Å². The molecule has 8 heteroatoms. The van der Waals surface area contributed by atoms with E-state index >= 15 is 0 Å². The highest BCUT2D eigenvalue weighted by Gasteiger charge is 2.40. The van der Waals surface area contributed by atoms with Gasteiger partial charge < -0.3 is 10.2 Å². The second-order valence-corrected chi connectivity index (χ2v) is 10.2. The van der Waals surface area contributed by atoms with Gasteiger partial charge in [-0.15, -0.1) is 0 Å². The summed E-state index contributed by atoms with van der Waals surface area (Å²) in [7, 11) is 0. The van der Waals surface area contributed by atoms with Crippen molar-refractivity contribution in [3.05, 3.63) is 100 Å². The molecular formula is C29H30ClF2N3O2. The van der Waals surface area contributed by atoms with Crippen LogP contribution in [0.1, 0.15) is 43.0 Å². The standard InChI is InChI=1S/C29H30ClF2N3O2/c1-18(2)33-27(36)15-28(37)35(25-13-23(31)12-24(32)14-25)26-16-34(17-26)29(20-6-4-19(3)5-7-20)21-8-10-22(30)11-9-21/h4-14,18,26,29H,15-17H2,1-3H3,(H,33,36). The highest BCUT2D eigenvalue weighted by Crippen LogP contribution is 2.36. The molecule has 1 aliphatic heterocycles. The number of carbonyl (C=O) groups is 2. The van der Waals surface area contributed by atoms with Crippen LogP contribution in [0.4, 0.5) is 14.5 Å². The summed E-state index contributed by atoms with van der Waals surface area (Å²) in [4.78, 5) is 29.2. The summed E-state index contributed by atoms with van der Waals surface area (Å²) in [6.45, 7) is 6.53. The number of nitrogens with one attached hydrogen (secondary N) is 1. The molecule has 0 aliphatic carbocycles. The Morgan fingerprint density at radius 2 is 1.51 bits per heavy atom. The summed E-state index contributed by atoms with van der Waals surface area (Å²) >= 11 is 6.12. The molecule has 0 aromatic heterocycles. The van der Waals surface area contributed by atoms with Crippen molar-refractivity contribution in [3.8, 4) is 0 Å². The SMILES string of the molecule is Cc1ccc(C(c2ccc(Cl)cc2)N2CC(N(C(=O)CC(=O)NC(C)C)c3cc(F)cc(F)c3)C2)cc1. The van der Waals surface area contributed by atoms with Crippen LogP contribution in [0.5, 0.6) is 0 Å². The molecule has 2 amide bonds. The highest BCUT2D eigenvalue weighted by molar-refractivity contribution is 6.30. The largest absolute Gasteiger partial charge is 0.353 e. The zero-order valence-electron chi connectivity index (χ0n) is 21.0. The maximum absolute atomic E-state index is 14.1. The van der Waals surface area contributed by atoms with Gasteiger partial charge in [-0.1, -0.05) is 53.6 Å². The Labute approximate surface area is 221 Å². The topological polar surface area (TPSA) is 52.7 Å². The van der Waals surface area contributed by atoms with E-state index in [4.69, 9.17) is 11.6 Å². The molecule has 1 heterocycles. The number of anilines is 1. The number of likely N-dealkylation sites (tertiary alicyclic amines) is 1. The van der Waals surface area contributed by atoms with E-state index in [-0.39, 0.29) is 23.8 Å². The van der Waals surface area contributed by atoms with Gasteiger partial charge in [-0.3, -0.25) is 14.5 Å². The van der Waals surface area contributed by atoms with Crippen molar-refractivity contribution in [1.29, 1.82) is 0 Å². The Hall–Kier alpha value is -3.29. The van der Waals surface area contributed by atoms with Gasteiger partial charge >= 0.3 is 0 Å². The molecular weight excluding hydrogens is 496 g/mol. The fourth-order valence-electron chi connectivity index (χ4n) is 4.70. The Morgan fingerprint density at radius 3 is 2.05 bits per heavy atom. The minimum atomic E-state index is -0.783. The predicted molar refractivity (Wildman–Crippen MR) is 142 cm³/mol. The van der Waals surface area contributed by atoms with Crippen molar-refractivity contribution in [3.63, 3.8) is 0 Å². The molecule has 1 atom stereocenters. The first-order chi connectivity index (χ1) is 17.6. The summed E-state index contributed by atoms with van der Waals surface area (Å²) in [5, 5.41) is 3.34. The second kappa shape index (κ2) is 11.4. The van der Waals surface area contributed by atoms with Crippen molar-refractivity contribution < 1.29 is 18.4 Å². The van der Waals surface area contributed by atoms with E-state index in [1.807, 2.05) is 43.3 Å². The van der Waals surface area contributed by atoms with Gasteiger partial charge in [-0.05, 0) is 56.2 Å². The van der Waals surface area contributed by atoms with Gasteiger partial charge in [0.2, 0.25) is 11.8 Å². The summed E-state index contributed by atoms with van der Waals surface area (Å²) < 4.78 is 28.2. The lowest BCUT2D eigenvalue weighted by Gasteiger charge is -2.49. The van der Waals surface area contributed by atoms with E-state index in [9.17, 15) is 18.4 Å². The third-order valence-corrected chi connectivity index (χ3v) is 6.61. The third-order valence-electron chi connectivity index (χ3n) is 6.36. The molecule has 3 aromatic carbocycles. The van der Waals surface area contributed by atoms with Crippen LogP contribution in [0.3, 0.4) is 0 Å². The van der Waals surface area contributed by atoms with Gasteiger partial charge in [0.25, 0.3) is 0 Å². The molecule has 1 N–H and O–H groups in total. The average Bonchev–Trinajstić information content (AvgIpc) is 2.78. The molecule has 194 valence electrons. The molecule has 4 rings (SSSR count). The van der Waals surface area contributed by atoms with Gasteiger partial charge in [0.15, 0.2) is 0 Å². The maximum atomic E-state index is 14.1. The van der Waals surface area contributed by atoms with Crippen molar-refractivity contribution in [2.75, 3.05) is 18.0 Å². The van der Waals surface area contributed by atoms with Crippen LogP contribution in [-0.4, -0.2) is 41.9 Å². The third kappa shape index (κ3) is 6.53. The molecule has 1 saturated heterocycles. The summed E-state index contributed by atoms with van der Waals surface area (Å²) in [6.07, 6.45) is -0.411. The number of benzene rings is 3. The Morgan fingerprint density at radius 1 is 0.973 bits per heavy atom. The molecule has 0 bridgehead atoms. The van der Waals surface area contributed by atoms with Crippen LogP contribution >= 0.6 is 11.6 Å². The number of nitrogens with zero attached hydrogens (tertiary/aromatic N) is 2. The van der Waals surface area contributed by atoms with E-state index in [1.165, 1.54) is 4.90 Å². The molecule has 0 saturated carbocycles. The first-order valence-corrected chi connectivity index (χ1v) is 12.6. The van der Waals surface area contributed by atoms with E-state index in [1.54, 1.807) is 13.8 Å². The number of carbonyl (C=O) groups excluding carboxylic acids is 2. The van der Waals surface area contributed by atoms with Crippen LogP contribution in [-0.2, 0) is 9.59 Å². The lowest BCUT2D eigenvalue weighted by atomic mass is 9.92. The van der Waals surface area contributed by atoms with E-state index < -0.39 is 29.9 Å². The Bertz CT molecular complexity index is 1190. The van der Waals surface area contributed by atoms with Crippen LogP contribution in [0.2, 0.25) is 5.02 Å². The molecule has 5 nitrogen and oxygen atoms in total. The van der Waals surface area contributed by atoms with E-state index in [0.717, 1.165) is 34.9 Å². The lowest BCUT2D eigenvalue weighted by Crippen LogP contribution is -2.62. The van der Waals surface area contributed by atoms with E-state index in [2.05, 4.69) is 22.3 Å². The van der Waals surface area contributed by atoms with Crippen LogP contribution in [0, 0.1) is 18.6 Å². The summed E-state index contributed by atoms with van der Waals surface area (Å²) in [6, 6.07) is 18.3. The van der Waals surface area contributed by atoms with Gasteiger partial charge in [0.1, 0.15) is 18.1 Å². The number of aryl methyl sites for hydroxylation is 1. The van der Waals surface area contributed by atoms with Gasteiger partial charge in [-0.2, -0.15) is 0 Å². The number of hydrogen-bond donors (Lipinski definition) is 1. The van der Waals surface area contributed by atoms with Crippen LogP contribution in [0.15, 0.2) is 66.7 Å². The Kier molecular flexibility index (Phi) is 8.25. The van der Waals surface area contributed by atoms with Crippen molar-refractivity contribution in [2.45, 2.75) is 45.3 Å². The van der Waals surface area contributed by atoms with Crippen molar-refractivity contribution in [1.82, 2.24) is 10.2 Å². The first kappa shape index (κ1) is 26.8. The van der Waals surface area contributed by atoms with Gasteiger partial charge in [-0.25, -0.2) is 8.78 Å². The zero-order chi connectivity index (χ0) is 26.7. The first-order valence-electron chi connectivity index (χ1n) is 12.2. The smallest absolute Gasteiger partial charge is 0.236 e. The molecule has 1 unspecified atom stereocenters. The number of rotatable bonds is 8. The minimum absolute atomic E-state index is 0.0976.